The van der Waals surface area contributed by atoms with Crippen LogP contribution >= 0.6 is 0 Å². The third kappa shape index (κ3) is 3.64. The lowest BCUT2D eigenvalue weighted by Gasteiger charge is -2.29. The molecule has 6 nitrogen and oxygen atoms in total. The van der Waals surface area contributed by atoms with Crippen molar-refractivity contribution in [2.24, 2.45) is 5.73 Å². The van der Waals surface area contributed by atoms with Gasteiger partial charge in [0, 0.05) is 30.1 Å². The molecule has 1 amide bonds. The van der Waals surface area contributed by atoms with Crippen LogP contribution in [0.5, 0.6) is 0 Å². The van der Waals surface area contributed by atoms with Gasteiger partial charge in [0.25, 0.3) is 5.91 Å². The number of methoxy groups -OCH3 is 1. The average Bonchev–Trinajstić information content (AvgIpc) is 2.41. The molecule has 0 radical (unpaired) electrons. The molecule has 1 aromatic rings. The zero-order valence-electron chi connectivity index (χ0n) is 13.2. The van der Waals surface area contributed by atoms with E-state index in [1.165, 1.54) is 12.7 Å². The molecule has 22 heavy (non-hydrogen) atoms. The smallest absolute Gasteiger partial charge is 0.330 e. The van der Waals surface area contributed by atoms with Crippen molar-refractivity contribution in [1.82, 2.24) is 10.6 Å². The van der Waals surface area contributed by atoms with Crippen LogP contribution in [0.4, 0.5) is 0 Å². The molecule has 1 atom stereocenters. The van der Waals surface area contributed by atoms with E-state index in [1.807, 2.05) is 12.1 Å². The fraction of sp³-hybridized carbons (Fsp3) is 0.500. The first-order valence-corrected chi connectivity index (χ1v) is 7.31. The minimum atomic E-state index is -0.916. The highest BCUT2D eigenvalue weighted by Crippen LogP contribution is 2.20. The van der Waals surface area contributed by atoms with E-state index in [0.717, 1.165) is 13.1 Å². The van der Waals surface area contributed by atoms with Gasteiger partial charge in [0.1, 0.15) is 6.04 Å². The number of hydrogen-bond acceptors (Lipinski definition) is 5. The monoisotopic (exact) mass is 305 g/mol. The Labute approximate surface area is 130 Å². The number of benzene rings is 1. The Morgan fingerprint density at radius 1 is 1.32 bits per heavy atom. The number of esters is 1. The summed E-state index contributed by atoms with van der Waals surface area (Å²) in [6.07, 6.45) is 0. The molecule has 1 saturated heterocycles. The van der Waals surface area contributed by atoms with Gasteiger partial charge in [0.15, 0.2) is 0 Å². The summed E-state index contributed by atoms with van der Waals surface area (Å²) in [5, 5.41) is 5.86. The molecular weight excluding hydrogens is 282 g/mol. The van der Waals surface area contributed by atoms with Gasteiger partial charge >= 0.3 is 5.97 Å². The zero-order valence-corrected chi connectivity index (χ0v) is 13.2. The third-order valence-corrected chi connectivity index (χ3v) is 3.88. The molecule has 0 saturated carbocycles. The Bertz CT molecular complexity index is 545. The molecule has 1 aromatic carbocycles. The normalized spacial score (nSPS) is 16.5. The van der Waals surface area contributed by atoms with Crippen LogP contribution in [0.15, 0.2) is 24.3 Å². The van der Waals surface area contributed by atoms with Crippen molar-refractivity contribution >= 4 is 11.9 Å². The van der Waals surface area contributed by atoms with Crippen LogP contribution in [0.25, 0.3) is 0 Å². The first-order chi connectivity index (χ1) is 10.3. The van der Waals surface area contributed by atoms with Crippen LogP contribution in [0, 0.1) is 0 Å². The number of ether oxygens (including phenoxy) is 1. The molecule has 1 aliphatic heterocycles. The van der Waals surface area contributed by atoms with E-state index in [-0.39, 0.29) is 5.91 Å². The summed E-state index contributed by atoms with van der Waals surface area (Å²) >= 11 is 0. The van der Waals surface area contributed by atoms with Crippen LogP contribution in [0.2, 0.25) is 0 Å². The molecule has 1 heterocycles. The maximum atomic E-state index is 12.3. The molecule has 0 aliphatic carbocycles. The predicted octanol–water partition coefficient (Wildman–Crippen LogP) is 0.382. The molecule has 0 bridgehead atoms. The summed E-state index contributed by atoms with van der Waals surface area (Å²) < 4.78 is 4.71. The number of nitrogens with two attached hydrogens (primary N) is 1. The highest BCUT2D eigenvalue weighted by molar-refractivity contribution is 5.97. The van der Waals surface area contributed by atoms with E-state index in [9.17, 15) is 9.59 Å². The number of carbonyl (C=O) groups excluding carboxylic acids is 2. The van der Waals surface area contributed by atoms with Crippen molar-refractivity contribution < 1.29 is 14.3 Å². The highest BCUT2D eigenvalue weighted by atomic mass is 16.5. The number of amides is 1. The Morgan fingerprint density at radius 2 is 1.91 bits per heavy atom. The minimum absolute atomic E-state index is 0.341. The topological polar surface area (TPSA) is 93.4 Å². The quantitative estimate of drug-likeness (QED) is 0.684. The first-order valence-electron chi connectivity index (χ1n) is 7.31. The lowest BCUT2D eigenvalue weighted by atomic mass is 9.92. The molecule has 2 rings (SSSR count). The summed E-state index contributed by atoms with van der Waals surface area (Å²) in [6, 6.07) is 6.52. The SMILES string of the molecule is COC(=O)C(NC(=O)c1ccc(C2CNC2)cc1)C(C)(C)N. The van der Waals surface area contributed by atoms with Crippen LogP contribution in [0.1, 0.15) is 35.7 Å². The first kappa shape index (κ1) is 16.5. The molecule has 1 unspecified atom stereocenters. The standard InChI is InChI=1S/C16H23N3O3/c1-16(2,17)13(15(21)22-3)19-14(20)11-6-4-10(5-7-11)12-8-18-9-12/h4-7,12-13,18H,8-9,17H2,1-3H3,(H,19,20). The second-order valence-corrected chi connectivity index (χ2v) is 6.23. The molecular formula is C16H23N3O3. The summed E-state index contributed by atoms with van der Waals surface area (Å²) in [5.41, 5.74) is 6.74. The molecule has 4 N–H and O–H groups in total. The third-order valence-electron chi connectivity index (χ3n) is 3.88. The van der Waals surface area contributed by atoms with Crippen molar-refractivity contribution in [2.45, 2.75) is 31.3 Å². The van der Waals surface area contributed by atoms with E-state index in [4.69, 9.17) is 10.5 Å². The molecule has 0 spiro atoms. The Hall–Kier alpha value is -1.92. The van der Waals surface area contributed by atoms with E-state index < -0.39 is 17.6 Å². The van der Waals surface area contributed by atoms with E-state index in [2.05, 4.69) is 10.6 Å². The minimum Gasteiger partial charge on any atom is -0.467 e. The summed E-state index contributed by atoms with van der Waals surface area (Å²) in [7, 11) is 1.27. The van der Waals surface area contributed by atoms with Crippen molar-refractivity contribution in [3.63, 3.8) is 0 Å². The van der Waals surface area contributed by atoms with Gasteiger partial charge in [0.05, 0.1) is 7.11 Å². The van der Waals surface area contributed by atoms with Crippen LogP contribution in [-0.4, -0.2) is 43.7 Å². The van der Waals surface area contributed by atoms with E-state index in [0.29, 0.717) is 11.5 Å². The summed E-state index contributed by atoms with van der Waals surface area (Å²) in [6.45, 7) is 5.28. The van der Waals surface area contributed by atoms with Crippen molar-refractivity contribution in [3.8, 4) is 0 Å². The number of rotatable bonds is 5. The Balaban J connectivity index is 2.07. The maximum Gasteiger partial charge on any atom is 0.330 e. The average molecular weight is 305 g/mol. The largest absolute Gasteiger partial charge is 0.467 e. The molecule has 1 fully saturated rings. The van der Waals surface area contributed by atoms with Gasteiger partial charge in [-0.3, -0.25) is 4.79 Å². The Kier molecular flexibility index (Phi) is 4.83. The van der Waals surface area contributed by atoms with Crippen molar-refractivity contribution in [1.29, 1.82) is 0 Å². The number of carbonyl (C=O) groups is 2. The molecule has 1 aliphatic rings. The molecule has 120 valence electrons. The highest BCUT2D eigenvalue weighted by Gasteiger charge is 2.34. The maximum absolute atomic E-state index is 12.3. The number of hydrogen-bond donors (Lipinski definition) is 3. The van der Waals surface area contributed by atoms with Crippen LogP contribution in [-0.2, 0) is 9.53 Å². The predicted molar refractivity (Wildman–Crippen MR) is 83.6 cm³/mol. The summed E-state index contributed by atoms with van der Waals surface area (Å²) in [4.78, 5) is 24.1. The van der Waals surface area contributed by atoms with Crippen LogP contribution in [0.3, 0.4) is 0 Å². The van der Waals surface area contributed by atoms with E-state index >= 15 is 0 Å². The van der Waals surface area contributed by atoms with Gasteiger partial charge in [-0.1, -0.05) is 12.1 Å². The van der Waals surface area contributed by atoms with Gasteiger partial charge in [0.2, 0.25) is 0 Å². The van der Waals surface area contributed by atoms with Gasteiger partial charge in [-0.2, -0.15) is 0 Å². The Morgan fingerprint density at radius 3 is 2.32 bits per heavy atom. The van der Waals surface area contributed by atoms with Crippen molar-refractivity contribution in [3.05, 3.63) is 35.4 Å². The van der Waals surface area contributed by atoms with Crippen molar-refractivity contribution in [2.75, 3.05) is 20.2 Å². The molecule has 6 heteroatoms. The van der Waals surface area contributed by atoms with Gasteiger partial charge in [-0.05, 0) is 31.5 Å². The van der Waals surface area contributed by atoms with Gasteiger partial charge in [-0.15, -0.1) is 0 Å². The summed E-state index contributed by atoms with van der Waals surface area (Å²) in [5.74, 6) is -0.381. The van der Waals surface area contributed by atoms with E-state index in [1.54, 1.807) is 26.0 Å². The fourth-order valence-corrected chi connectivity index (χ4v) is 2.31. The lowest BCUT2D eigenvalue weighted by Crippen LogP contribution is -2.59. The second kappa shape index (κ2) is 6.46. The fourth-order valence-electron chi connectivity index (χ4n) is 2.31. The lowest BCUT2D eigenvalue weighted by molar-refractivity contribution is -0.144. The molecule has 0 aromatic heterocycles. The second-order valence-electron chi connectivity index (χ2n) is 6.23. The van der Waals surface area contributed by atoms with Crippen LogP contribution < -0.4 is 16.4 Å². The van der Waals surface area contributed by atoms with Gasteiger partial charge < -0.3 is 21.1 Å². The number of nitrogens with one attached hydrogen (secondary N) is 2. The zero-order chi connectivity index (χ0) is 16.3. The van der Waals surface area contributed by atoms with Gasteiger partial charge in [-0.25, -0.2) is 4.79 Å².